The molecule has 0 amide bonds. The second-order valence-electron chi connectivity index (χ2n) is 8.28. The number of aliphatic hydroxyl groups is 2. The van der Waals surface area contributed by atoms with Gasteiger partial charge in [0.1, 0.15) is 5.82 Å². The molecule has 0 radical (unpaired) electrons. The topological polar surface area (TPSA) is 93.5 Å². The van der Waals surface area contributed by atoms with E-state index in [1.54, 1.807) is 18.2 Å². The molecule has 0 saturated heterocycles. The van der Waals surface area contributed by atoms with Crippen LogP contribution in [0.5, 0.6) is 0 Å². The number of pyridine rings is 1. The van der Waals surface area contributed by atoms with Crippen molar-refractivity contribution in [3.63, 3.8) is 0 Å². The Morgan fingerprint density at radius 1 is 1.06 bits per heavy atom. The van der Waals surface area contributed by atoms with Gasteiger partial charge in [0.2, 0.25) is 0 Å². The van der Waals surface area contributed by atoms with Crippen molar-refractivity contribution in [2.75, 3.05) is 0 Å². The quantitative estimate of drug-likeness (QED) is 0.454. The van der Waals surface area contributed by atoms with E-state index in [0.717, 1.165) is 27.9 Å². The number of carbonyl (C=O) groups is 1. The largest absolute Gasteiger partial charge is 1.00 e. The molecular weight excluding hydrogens is 444 g/mol. The molecule has 5 nitrogen and oxygen atoms in total. The molecule has 0 aliphatic heterocycles. The number of benzene rings is 2. The van der Waals surface area contributed by atoms with Crippen LogP contribution in [0.1, 0.15) is 43.7 Å². The molecule has 34 heavy (non-hydrogen) atoms. The number of hydrogen-bond acceptors (Lipinski definition) is 5. The fraction of sp³-hybridized carbons (Fsp3) is 0.259. The van der Waals surface area contributed by atoms with Crippen molar-refractivity contribution < 1.29 is 54.1 Å². The Labute approximate surface area is 221 Å². The fourth-order valence-corrected chi connectivity index (χ4v) is 3.65. The maximum Gasteiger partial charge on any atom is 1.00 e. The van der Waals surface area contributed by atoms with Crippen LogP contribution in [0.4, 0.5) is 4.39 Å². The van der Waals surface area contributed by atoms with Gasteiger partial charge in [0.25, 0.3) is 0 Å². The molecule has 1 aromatic heterocycles. The van der Waals surface area contributed by atoms with Gasteiger partial charge in [0.05, 0.1) is 23.6 Å². The second-order valence-corrected chi connectivity index (χ2v) is 8.28. The van der Waals surface area contributed by atoms with Crippen LogP contribution in [0.25, 0.3) is 28.6 Å². The Bertz CT molecular complexity index is 1120. The molecule has 0 unspecified atom stereocenters. The number of nitrogens with zero attached hydrogens (tertiary/aromatic N) is 1. The summed E-state index contributed by atoms with van der Waals surface area (Å²) in [7, 11) is 0. The first-order valence-corrected chi connectivity index (χ1v) is 10.8. The van der Waals surface area contributed by atoms with Crippen molar-refractivity contribution in [2.24, 2.45) is 0 Å². The molecule has 0 bridgehead atoms. The zero-order valence-electron chi connectivity index (χ0n) is 19.6. The third-order valence-corrected chi connectivity index (χ3v) is 5.30. The molecule has 0 spiro atoms. The zero-order valence-corrected chi connectivity index (χ0v) is 21.6. The van der Waals surface area contributed by atoms with Crippen LogP contribution in [0.15, 0.2) is 66.7 Å². The van der Waals surface area contributed by atoms with Crippen LogP contribution in [-0.4, -0.2) is 33.4 Å². The molecule has 0 saturated carbocycles. The Balaban J connectivity index is 0.00000408. The standard InChI is InChI=1S/C27H28FNO4.Na/c1-17(2)24-16-25(18-6-4-3-5-7-18)29-27(19-8-10-20(28)11-9-19)23(24)13-12-21(30)14-22(31)15-26(32)33;/h3-13,16-17,21-22,30-31H,14-15H2,1-2H3,(H,32,33);/q;+1/p-1/b13-12+;/t21-,22-;/m1./s1. The molecular formula is C27H27FNNaO4. The minimum atomic E-state index is -1.37. The van der Waals surface area contributed by atoms with Crippen molar-refractivity contribution >= 4 is 12.0 Å². The van der Waals surface area contributed by atoms with Crippen LogP contribution >= 0.6 is 0 Å². The van der Waals surface area contributed by atoms with Gasteiger partial charge >= 0.3 is 29.6 Å². The summed E-state index contributed by atoms with van der Waals surface area (Å²) in [5, 5.41) is 30.8. The average molecular weight is 472 g/mol. The number of halogens is 1. The number of carboxylic acid groups (broad SMARTS) is 1. The number of aliphatic hydroxyl groups excluding tert-OH is 2. The van der Waals surface area contributed by atoms with E-state index in [2.05, 4.69) is 13.8 Å². The van der Waals surface area contributed by atoms with E-state index < -0.39 is 24.6 Å². The Hall–Kier alpha value is -2.35. The molecule has 1 heterocycles. The molecule has 172 valence electrons. The number of aliphatic carboxylic acids is 1. The maximum absolute atomic E-state index is 13.6. The first-order chi connectivity index (χ1) is 15.7. The van der Waals surface area contributed by atoms with E-state index in [0.29, 0.717) is 5.69 Å². The minimum absolute atomic E-state index is 0. The van der Waals surface area contributed by atoms with Crippen LogP contribution in [0.2, 0.25) is 0 Å². The second kappa shape index (κ2) is 12.9. The predicted molar refractivity (Wildman–Crippen MR) is 124 cm³/mol. The number of rotatable bonds is 9. The molecule has 0 fully saturated rings. The van der Waals surface area contributed by atoms with Gasteiger partial charge in [-0.2, -0.15) is 0 Å². The van der Waals surface area contributed by atoms with Crippen LogP contribution < -0.4 is 34.7 Å². The summed E-state index contributed by atoms with van der Waals surface area (Å²) in [6.07, 6.45) is 0.283. The molecule has 3 rings (SSSR count). The molecule has 3 aromatic rings. The van der Waals surface area contributed by atoms with Crippen molar-refractivity contribution in [3.8, 4) is 22.5 Å². The van der Waals surface area contributed by atoms with E-state index in [1.807, 2.05) is 36.4 Å². The average Bonchev–Trinajstić information content (AvgIpc) is 2.77. The molecule has 7 heteroatoms. The Morgan fingerprint density at radius 2 is 1.71 bits per heavy atom. The SMILES string of the molecule is CC(C)c1cc(-c2ccccc2)nc(-c2ccc(F)cc2)c1/C=C/[C@@H](O)C[C@@H](O)CC(=O)[O-].[Na+]. The summed E-state index contributed by atoms with van der Waals surface area (Å²) in [6, 6.07) is 17.8. The predicted octanol–water partition coefficient (Wildman–Crippen LogP) is 0.947. The van der Waals surface area contributed by atoms with Crippen LogP contribution in [0, 0.1) is 5.82 Å². The third-order valence-electron chi connectivity index (χ3n) is 5.30. The number of aromatic nitrogens is 1. The number of hydrogen-bond donors (Lipinski definition) is 2. The Kier molecular flexibility index (Phi) is 10.6. The summed E-state index contributed by atoms with van der Waals surface area (Å²) in [6.45, 7) is 4.10. The van der Waals surface area contributed by atoms with E-state index in [9.17, 15) is 24.5 Å². The van der Waals surface area contributed by atoms with E-state index in [4.69, 9.17) is 4.98 Å². The summed E-state index contributed by atoms with van der Waals surface area (Å²) < 4.78 is 13.6. The van der Waals surface area contributed by atoms with E-state index in [1.165, 1.54) is 18.2 Å². The van der Waals surface area contributed by atoms with Gasteiger partial charge in [-0.3, -0.25) is 0 Å². The van der Waals surface area contributed by atoms with Gasteiger partial charge in [-0.05, 0) is 41.8 Å². The monoisotopic (exact) mass is 471 g/mol. The summed E-state index contributed by atoms with van der Waals surface area (Å²) in [5.41, 5.74) is 4.84. The van der Waals surface area contributed by atoms with Gasteiger partial charge < -0.3 is 20.1 Å². The first-order valence-electron chi connectivity index (χ1n) is 10.8. The first kappa shape index (κ1) is 27.9. The van der Waals surface area contributed by atoms with Gasteiger partial charge in [0.15, 0.2) is 0 Å². The Morgan fingerprint density at radius 3 is 2.29 bits per heavy atom. The zero-order chi connectivity index (χ0) is 24.0. The van der Waals surface area contributed by atoms with Gasteiger partial charge in [0, 0.05) is 35.5 Å². The molecule has 2 N–H and O–H groups in total. The number of carboxylic acids is 1. The van der Waals surface area contributed by atoms with E-state index >= 15 is 0 Å². The van der Waals surface area contributed by atoms with Crippen molar-refractivity contribution in [3.05, 3.63) is 83.7 Å². The van der Waals surface area contributed by atoms with Crippen molar-refractivity contribution in [2.45, 2.75) is 44.8 Å². The van der Waals surface area contributed by atoms with Crippen molar-refractivity contribution in [1.82, 2.24) is 4.98 Å². The molecule has 2 atom stereocenters. The van der Waals surface area contributed by atoms with Crippen LogP contribution in [0.3, 0.4) is 0 Å². The third kappa shape index (κ3) is 7.58. The van der Waals surface area contributed by atoms with Gasteiger partial charge in [-0.1, -0.05) is 56.3 Å². The van der Waals surface area contributed by atoms with Gasteiger partial charge in [-0.25, -0.2) is 9.37 Å². The number of carbonyl (C=O) groups excluding carboxylic acids is 1. The summed E-state index contributed by atoms with van der Waals surface area (Å²) in [4.78, 5) is 15.5. The summed E-state index contributed by atoms with van der Waals surface area (Å²) >= 11 is 0. The minimum Gasteiger partial charge on any atom is -0.550 e. The van der Waals surface area contributed by atoms with Gasteiger partial charge in [-0.15, -0.1) is 0 Å². The molecule has 0 aliphatic rings. The summed E-state index contributed by atoms with van der Waals surface area (Å²) in [5.74, 6) is -1.60. The smallest absolute Gasteiger partial charge is 0.550 e. The molecule has 2 aromatic carbocycles. The fourth-order valence-electron chi connectivity index (χ4n) is 3.65. The normalized spacial score (nSPS) is 13.0. The molecule has 0 aliphatic carbocycles. The maximum atomic E-state index is 13.6. The van der Waals surface area contributed by atoms with Crippen LogP contribution in [-0.2, 0) is 4.79 Å². The van der Waals surface area contributed by atoms with E-state index in [-0.39, 0.29) is 47.7 Å². The van der Waals surface area contributed by atoms with Crippen molar-refractivity contribution in [1.29, 1.82) is 0 Å².